The number of thiocarbonyl (C=S) groups is 1. The van der Waals surface area contributed by atoms with E-state index in [0.29, 0.717) is 22.9 Å². The molecule has 1 heterocycles. The lowest BCUT2D eigenvalue weighted by atomic mass is 9.48. The third-order valence-electron chi connectivity index (χ3n) is 7.57. The van der Waals surface area contributed by atoms with E-state index in [2.05, 4.69) is 25.1 Å². The zero-order valence-electron chi connectivity index (χ0n) is 18.0. The predicted molar refractivity (Wildman–Crippen MR) is 128 cm³/mol. The molecule has 1 amide bonds. The van der Waals surface area contributed by atoms with Crippen LogP contribution in [0.4, 0.5) is 0 Å². The molecule has 5 aliphatic rings. The minimum absolute atomic E-state index is 0.0366. The van der Waals surface area contributed by atoms with E-state index in [1.807, 2.05) is 13.0 Å². The van der Waals surface area contributed by atoms with Crippen LogP contribution < -0.4 is 4.74 Å². The van der Waals surface area contributed by atoms with E-state index in [1.54, 1.807) is 4.90 Å². The van der Waals surface area contributed by atoms with Crippen LogP contribution in [0.3, 0.4) is 0 Å². The Morgan fingerprint density at radius 1 is 1.17 bits per heavy atom. The number of hydrogen-bond donors (Lipinski definition) is 0. The molecule has 5 heteroatoms. The van der Waals surface area contributed by atoms with Crippen molar-refractivity contribution in [1.82, 2.24) is 4.90 Å². The molecule has 4 saturated carbocycles. The van der Waals surface area contributed by atoms with E-state index < -0.39 is 0 Å². The highest BCUT2D eigenvalue weighted by atomic mass is 32.2. The second-order valence-corrected chi connectivity index (χ2v) is 11.4. The first kappa shape index (κ1) is 20.6. The van der Waals surface area contributed by atoms with Gasteiger partial charge in [0, 0.05) is 12.1 Å². The molecule has 0 radical (unpaired) electrons. The van der Waals surface area contributed by atoms with Crippen molar-refractivity contribution in [3.8, 4) is 5.75 Å². The number of hydrogen-bond acceptors (Lipinski definition) is 4. The predicted octanol–water partition coefficient (Wildman–Crippen LogP) is 6.16. The van der Waals surface area contributed by atoms with E-state index >= 15 is 0 Å². The zero-order valence-corrected chi connectivity index (χ0v) is 19.6. The van der Waals surface area contributed by atoms with Crippen LogP contribution in [-0.4, -0.2) is 28.3 Å². The van der Waals surface area contributed by atoms with Gasteiger partial charge in [0.2, 0.25) is 0 Å². The summed E-state index contributed by atoms with van der Waals surface area (Å²) in [7, 11) is 0. The third-order valence-corrected chi connectivity index (χ3v) is 8.95. The first-order valence-electron chi connectivity index (χ1n) is 11.5. The van der Waals surface area contributed by atoms with Gasteiger partial charge < -0.3 is 4.74 Å². The SMILES string of the molecule is CCCN1C(=O)/C(=C/c2cc(C34CC5CC(CC(C5)C3)C4)ccc2OCC)SC1=S. The highest BCUT2D eigenvalue weighted by molar-refractivity contribution is 8.26. The summed E-state index contributed by atoms with van der Waals surface area (Å²) >= 11 is 6.88. The van der Waals surface area contributed by atoms with Crippen LogP contribution in [0, 0.1) is 17.8 Å². The number of nitrogens with zero attached hydrogens (tertiary/aromatic N) is 1. The summed E-state index contributed by atoms with van der Waals surface area (Å²) in [4.78, 5) is 15.3. The second-order valence-electron chi connectivity index (χ2n) is 9.72. The minimum atomic E-state index is 0.0366. The Kier molecular flexibility index (Phi) is 5.47. The minimum Gasteiger partial charge on any atom is -0.493 e. The summed E-state index contributed by atoms with van der Waals surface area (Å²) in [6.07, 6.45) is 11.3. The maximum atomic E-state index is 12.9. The molecular formula is C25H31NO2S2. The molecular weight excluding hydrogens is 410 g/mol. The third kappa shape index (κ3) is 3.52. The van der Waals surface area contributed by atoms with Crippen molar-refractivity contribution in [2.45, 2.75) is 64.2 Å². The first-order chi connectivity index (χ1) is 14.5. The highest BCUT2D eigenvalue weighted by Crippen LogP contribution is 2.61. The molecule has 0 aromatic heterocycles. The molecule has 0 unspecified atom stereocenters. The Morgan fingerprint density at radius 3 is 2.43 bits per heavy atom. The van der Waals surface area contributed by atoms with Crippen LogP contribution in [0.15, 0.2) is 23.1 Å². The van der Waals surface area contributed by atoms with Crippen molar-refractivity contribution in [2.24, 2.45) is 17.8 Å². The van der Waals surface area contributed by atoms with Gasteiger partial charge in [-0.25, -0.2) is 0 Å². The van der Waals surface area contributed by atoms with Gasteiger partial charge in [0.25, 0.3) is 5.91 Å². The lowest BCUT2D eigenvalue weighted by Gasteiger charge is -2.57. The van der Waals surface area contributed by atoms with E-state index in [9.17, 15) is 4.79 Å². The zero-order chi connectivity index (χ0) is 20.9. The normalized spacial score (nSPS) is 33.7. The van der Waals surface area contributed by atoms with E-state index in [1.165, 1.54) is 55.9 Å². The number of benzene rings is 1. The van der Waals surface area contributed by atoms with Gasteiger partial charge in [-0.1, -0.05) is 37.0 Å². The molecule has 30 heavy (non-hydrogen) atoms. The molecule has 1 aromatic rings. The van der Waals surface area contributed by atoms with Crippen molar-refractivity contribution in [1.29, 1.82) is 0 Å². The molecule has 0 atom stereocenters. The van der Waals surface area contributed by atoms with Crippen molar-refractivity contribution in [2.75, 3.05) is 13.2 Å². The molecule has 0 spiro atoms. The molecule has 5 fully saturated rings. The number of carbonyl (C=O) groups excluding carboxylic acids is 1. The van der Waals surface area contributed by atoms with Gasteiger partial charge in [0.1, 0.15) is 10.1 Å². The Balaban J connectivity index is 1.51. The average molecular weight is 442 g/mol. The Bertz CT molecular complexity index is 871. The van der Waals surface area contributed by atoms with E-state index in [-0.39, 0.29) is 5.91 Å². The van der Waals surface area contributed by atoms with Gasteiger partial charge in [0.05, 0.1) is 11.5 Å². The van der Waals surface area contributed by atoms with E-state index in [4.69, 9.17) is 17.0 Å². The maximum Gasteiger partial charge on any atom is 0.266 e. The molecule has 6 rings (SSSR count). The fourth-order valence-electron chi connectivity index (χ4n) is 6.80. The van der Waals surface area contributed by atoms with Crippen LogP contribution in [0.2, 0.25) is 0 Å². The van der Waals surface area contributed by atoms with Crippen LogP contribution in [0.5, 0.6) is 5.75 Å². The molecule has 4 bridgehead atoms. The largest absolute Gasteiger partial charge is 0.493 e. The van der Waals surface area contributed by atoms with Crippen molar-refractivity contribution in [3.63, 3.8) is 0 Å². The summed E-state index contributed by atoms with van der Waals surface area (Å²) in [5, 5.41) is 0. The Labute approximate surface area is 189 Å². The summed E-state index contributed by atoms with van der Waals surface area (Å²) < 4.78 is 6.62. The topological polar surface area (TPSA) is 29.5 Å². The first-order valence-corrected chi connectivity index (χ1v) is 12.8. The Morgan fingerprint density at radius 2 is 1.83 bits per heavy atom. The average Bonchev–Trinajstić information content (AvgIpc) is 2.96. The fourth-order valence-corrected chi connectivity index (χ4v) is 8.10. The van der Waals surface area contributed by atoms with Crippen molar-refractivity contribution >= 4 is 40.3 Å². The quantitative estimate of drug-likeness (QED) is 0.390. The summed E-state index contributed by atoms with van der Waals surface area (Å²) in [6, 6.07) is 6.76. The summed E-state index contributed by atoms with van der Waals surface area (Å²) in [5.74, 6) is 3.64. The molecule has 0 N–H and O–H groups in total. The van der Waals surface area contributed by atoms with Crippen LogP contribution in [0.25, 0.3) is 6.08 Å². The number of rotatable bonds is 6. The molecule has 4 aliphatic carbocycles. The van der Waals surface area contributed by atoms with Gasteiger partial charge in [0.15, 0.2) is 0 Å². The molecule has 3 nitrogen and oxygen atoms in total. The monoisotopic (exact) mass is 441 g/mol. The van der Waals surface area contributed by atoms with Crippen molar-refractivity contribution in [3.05, 3.63) is 34.2 Å². The van der Waals surface area contributed by atoms with Crippen LogP contribution >= 0.6 is 24.0 Å². The van der Waals surface area contributed by atoms with Gasteiger partial charge in [-0.2, -0.15) is 0 Å². The van der Waals surface area contributed by atoms with Gasteiger partial charge in [-0.3, -0.25) is 9.69 Å². The molecule has 1 aromatic carbocycles. The fraction of sp³-hybridized carbons (Fsp3) is 0.600. The number of thioether (sulfide) groups is 1. The van der Waals surface area contributed by atoms with Crippen LogP contribution in [-0.2, 0) is 10.2 Å². The lowest BCUT2D eigenvalue weighted by Crippen LogP contribution is -2.48. The number of amides is 1. The molecule has 160 valence electrons. The van der Waals surface area contributed by atoms with E-state index in [0.717, 1.165) is 40.4 Å². The second kappa shape index (κ2) is 7.98. The lowest BCUT2D eigenvalue weighted by molar-refractivity contribution is -0.122. The van der Waals surface area contributed by atoms with Gasteiger partial charge >= 0.3 is 0 Å². The smallest absolute Gasteiger partial charge is 0.266 e. The standard InChI is InChI=1S/C25H31NO2S2/c1-3-7-26-23(27)22(30-24(26)29)12-19-11-20(5-6-21(19)28-4-2)25-13-16-8-17(14-25)10-18(9-16)15-25/h5-6,11-12,16-18H,3-4,7-10,13-15H2,1-2H3/b22-12-. The molecule has 1 aliphatic heterocycles. The number of carbonyl (C=O) groups is 1. The van der Waals surface area contributed by atoms with Crippen molar-refractivity contribution < 1.29 is 9.53 Å². The maximum absolute atomic E-state index is 12.9. The van der Waals surface area contributed by atoms with Gasteiger partial charge in [-0.15, -0.1) is 0 Å². The molecule has 1 saturated heterocycles. The number of ether oxygens (including phenoxy) is 1. The Hall–Kier alpha value is -1.33. The van der Waals surface area contributed by atoms with Crippen LogP contribution in [0.1, 0.15) is 69.9 Å². The summed E-state index contributed by atoms with van der Waals surface area (Å²) in [5.41, 5.74) is 2.82. The van der Waals surface area contributed by atoms with Gasteiger partial charge in [-0.05, 0) is 98.8 Å². The highest BCUT2D eigenvalue weighted by Gasteiger charge is 2.51. The summed E-state index contributed by atoms with van der Waals surface area (Å²) in [6.45, 7) is 5.39.